The summed E-state index contributed by atoms with van der Waals surface area (Å²) in [6.45, 7) is 9.53. The molecule has 164 valence electrons. The molecule has 1 aromatic rings. The monoisotopic (exact) mass is 517 g/mol. The predicted octanol–water partition coefficient (Wildman–Crippen LogP) is 3.48. The Morgan fingerprint density at radius 2 is 1.97 bits per heavy atom. The molecule has 2 aliphatic rings. The van der Waals surface area contributed by atoms with Crippen LogP contribution in [0.25, 0.3) is 0 Å². The second-order valence-corrected chi connectivity index (χ2v) is 9.05. The lowest BCUT2D eigenvalue weighted by Gasteiger charge is -2.30. The molecule has 0 radical (unpaired) electrons. The second-order valence-electron chi connectivity index (χ2n) is 9.05. The molecule has 2 saturated carbocycles. The number of carbonyl (C=O) groups excluding carboxylic acids is 1. The van der Waals surface area contributed by atoms with Crippen LogP contribution in [0.3, 0.4) is 0 Å². The van der Waals surface area contributed by atoms with Crippen molar-refractivity contribution < 1.29 is 9.21 Å². The van der Waals surface area contributed by atoms with E-state index in [9.17, 15) is 4.79 Å². The fourth-order valence-corrected chi connectivity index (χ4v) is 3.50. The summed E-state index contributed by atoms with van der Waals surface area (Å²) in [5.74, 6) is 2.58. The quantitative estimate of drug-likeness (QED) is 0.306. The van der Waals surface area contributed by atoms with Crippen LogP contribution in [-0.2, 0) is 16.8 Å². The Labute approximate surface area is 191 Å². The normalized spacial score (nSPS) is 22.6. The van der Waals surface area contributed by atoms with Gasteiger partial charge in [-0.15, -0.1) is 24.0 Å². The number of guanidine groups is 1. The molecule has 1 amide bonds. The summed E-state index contributed by atoms with van der Waals surface area (Å²) < 4.78 is 5.83. The van der Waals surface area contributed by atoms with Gasteiger partial charge in [0.2, 0.25) is 11.8 Å². The Balaban J connectivity index is 0.00000300. The lowest BCUT2D eigenvalue weighted by atomic mass is 9.85. The number of aromatic nitrogens is 1. The van der Waals surface area contributed by atoms with Crippen molar-refractivity contribution in [3.8, 4) is 0 Å². The average Bonchev–Trinajstić information content (AvgIpc) is 3.31. The van der Waals surface area contributed by atoms with Gasteiger partial charge in [0.25, 0.3) is 0 Å². The average molecular weight is 517 g/mol. The molecule has 2 aliphatic carbocycles. The van der Waals surface area contributed by atoms with Gasteiger partial charge < -0.3 is 20.4 Å². The zero-order chi connectivity index (χ0) is 20.1. The highest BCUT2D eigenvalue weighted by atomic mass is 127. The van der Waals surface area contributed by atoms with Gasteiger partial charge in [-0.1, -0.05) is 27.2 Å². The summed E-state index contributed by atoms with van der Waals surface area (Å²) in [6, 6.07) is 0.690. The highest BCUT2D eigenvalue weighted by Crippen LogP contribution is 2.27. The Hall–Kier alpha value is -1.32. The topological polar surface area (TPSA) is 91.6 Å². The molecule has 2 fully saturated rings. The van der Waals surface area contributed by atoms with Gasteiger partial charge in [0.05, 0.1) is 6.20 Å². The van der Waals surface area contributed by atoms with Gasteiger partial charge in [0.15, 0.2) is 5.96 Å². The standard InChI is InChI=1S/C21H35N5O2.HI/c1-5-22-20(24-13-18-23-12-17(28-18)21(2,3)4)26-16-8-6-7-14(11-16)19(27)25-15-9-10-15;/h12,14-16H,5-11,13H2,1-4H3,(H,25,27)(H2,22,24,26);1H. The van der Waals surface area contributed by atoms with Crippen LogP contribution in [0.2, 0.25) is 0 Å². The molecule has 0 aliphatic heterocycles. The Morgan fingerprint density at radius 1 is 1.21 bits per heavy atom. The van der Waals surface area contributed by atoms with Crippen LogP contribution in [0.1, 0.15) is 77.9 Å². The molecule has 2 atom stereocenters. The summed E-state index contributed by atoms with van der Waals surface area (Å²) in [5.41, 5.74) is -0.0597. The molecule has 3 N–H and O–H groups in total. The largest absolute Gasteiger partial charge is 0.443 e. The van der Waals surface area contributed by atoms with Gasteiger partial charge in [0.1, 0.15) is 12.3 Å². The van der Waals surface area contributed by atoms with Crippen LogP contribution >= 0.6 is 24.0 Å². The van der Waals surface area contributed by atoms with E-state index in [1.807, 2.05) is 6.92 Å². The van der Waals surface area contributed by atoms with E-state index in [-0.39, 0.29) is 47.3 Å². The zero-order valence-corrected chi connectivity index (χ0v) is 20.4. The lowest BCUT2D eigenvalue weighted by Crippen LogP contribution is -2.47. The number of hydrogen-bond donors (Lipinski definition) is 3. The summed E-state index contributed by atoms with van der Waals surface area (Å²) >= 11 is 0. The van der Waals surface area contributed by atoms with E-state index in [0.717, 1.165) is 56.8 Å². The molecule has 0 aromatic carbocycles. The summed E-state index contributed by atoms with van der Waals surface area (Å²) in [7, 11) is 0. The van der Waals surface area contributed by atoms with Crippen LogP contribution in [0, 0.1) is 5.92 Å². The highest BCUT2D eigenvalue weighted by Gasteiger charge is 2.31. The van der Waals surface area contributed by atoms with Crippen molar-refractivity contribution in [3.05, 3.63) is 17.8 Å². The number of aliphatic imine (C=N–C) groups is 1. The summed E-state index contributed by atoms with van der Waals surface area (Å²) in [6.07, 6.45) is 8.02. The minimum atomic E-state index is -0.0597. The molecule has 3 rings (SSSR count). The number of nitrogens with one attached hydrogen (secondary N) is 3. The molecule has 2 unspecified atom stereocenters. The smallest absolute Gasteiger partial charge is 0.223 e. The van der Waals surface area contributed by atoms with E-state index < -0.39 is 0 Å². The highest BCUT2D eigenvalue weighted by molar-refractivity contribution is 14.0. The molecule has 0 spiro atoms. The van der Waals surface area contributed by atoms with Gasteiger partial charge in [0, 0.05) is 30.0 Å². The maximum Gasteiger partial charge on any atom is 0.223 e. The van der Waals surface area contributed by atoms with Crippen LogP contribution < -0.4 is 16.0 Å². The van der Waals surface area contributed by atoms with Crippen molar-refractivity contribution in [2.75, 3.05) is 6.54 Å². The van der Waals surface area contributed by atoms with Gasteiger partial charge in [-0.05, 0) is 39.0 Å². The molecule has 8 heteroatoms. The van der Waals surface area contributed by atoms with E-state index in [1.54, 1.807) is 6.20 Å². The first kappa shape index (κ1) is 24.0. The number of hydrogen-bond acceptors (Lipinski definition) is 4. The van der Waals surface area contributed by atoms with Crippen LogP contribution in [0.15, 0.2) is 15.6 Å². The SMILES string of the molecule is CCNC(=NCc1ncc(C(C)(C)C)o1)NC1CCCC(C(=O)NC2CC2)C1.I. The first-order chi connectivity index (χ1) is 13.3. The molecule has 0 bridgehead atoms. The van der Waals surface area contributed by atoms with E-state index in [2.05, 4.69) is 46.7 Å². The van der Waals surface area contributed by atoms with Crippen molar-refractivity contribution in [3.63, 3.8) is 0 Å². The number of nitrogens with zero attached hydrogens (tertiary/aromatic N) is 2. The third kappa shape index (κ3) is 7.46. The van der Waals surface area contributed by atoms with Gasteiger partial charge in [-0.25, -0.2) is 9.98 Å². The zero-order valence-electron chi connectivity index (χ0n) is 18.1. The number of halogens is 1. The Kier molecular flexibility index (Phi) is 8.78. The van der Waals surface area contributed by atoms with Crippen LogP contribution in [-0.4, -0.2) is 35.5 Å². The fourth-order valence-electron chi connectivity index (χ4n) is 3.50. The molecule has 1 heterocycles. The molecular weight excluding hydrogens is 481 g/mol. The molecule has 7 nitrogen and oxygen atoms in total. The van der Waals surface area contributed by atoms with Crippen LogP contribution in [0.5, 0.6) is 0 Å². The molecule has 29 heavy (non-hydrogen) atoms. The van der Waals surface area contributed by atoms with Gasteiger partial charge in [-0.3, -0.25) is 4.79 Å². The Bertz CT molecular complexity index is 693. The summed E-state index contributed by atoms with van der Waals surface area (Å²) in [5, 5.41) is 9.95. The first-order valence-corrected chi connectivity index (χ1v) is 10.7. The third-order valence-electron chi connectivity index (χ3n) is 5.32. The van der Waals surface area contributed by atoms with Crippen molar-refractivity contribution in [2.45, 2.75) is 90.3 Å². The summed E-state index contributed by atoms with van der Waals surface area (Å²) in [4.78, 5) is 21.4. The third-order valence-corrected chi connectivity index (χ3v) is 5.32. The number of carbonyl (C=O) groups is 1. The molecule has 0 saturated heterocycles. The first-order valence-electron chi connectivity index (χ1n) is 10.7. The van der Waals surface area contributed by atoms with E-state index in [1.165, 1.54) is 0 Å². The second kappa shape index (κ2) is 10.6. The minimum Gasteiger partial charge on any atom is -0.443 e. The van der Waals surface area contributed by atoms with Crippen molar-refractivity contribution >= 4 is 35.8 Å². The lowest BCUT2D eigenvalue weighted by molar-refractivity contribution is -0.126. The maximum atomic E-state index is 12.4. The van der Waals surface area contributed by atoms with Crippen molar-refractivity contribution in [1.82, 2.24) is 20.9 Å². The van der Waals surface area contributed by atoms with Crippen molar-refractivity contribution in [2.24, 2.45) is 10.9 Å². The van der Waals surface area contributed by atoms with Crippen LogP contribution in [0.4, 0.5) is 0 Å². The number of amides is 1. The maximum absolute atomic E-state index is 12.4. The van der Waals surface area contributed by atoms with Crippen molar-refractivity contribution in [1.29, 1.82) is 0 Å². The van der Waals surface area contributed by atoms with E-state index in [4.69, 9.17) is 4.42 Å². The number of rotatable bonds is 6. The van der Waals surface area contributed by atoms with Gasteiger partial charge >= 0.3 is 0 Å². The number of oxazole rings is 1. The van der Waals surface area contributed by atoms with E-state index >= 15 is 0 Å². The molecule has 1 aromatic heterocycles. The van der Waals surface area contributed by atoms with E-state index in [0.29, 0.717) is 18.5 Å². The predicted molar refractivity (Wildman–Crippen MR) is 125 cm³/mol. The molecular formula is C21H36IN5O2. The fraction of sp³-hybridized carbons (Fsp3) is 0.762. The van der Waals surface area contributed by atoms with Gasteiger partial charge in [-0.2, -0.15) is 0 Å². The minimum absolute atomic E-state index is 0. The Morgan fingerprint density at radius 3 is 2.59 bits per heavy atom.